The molecule has 0 saturated heterocycles. The zero-order chi connectivity index (χ0) is 15.2. The van der Waals surface area contributed by atoms with E-state index in [9.17, 15) is 9.59 Å². The highest BCUT2D eigenvalue weighted by Gasteiger charge is 2.27. The second kappa shape index (κ2) is 6.82. The molecule has 0 aliphatic rings. The number of rotatable bonds is 4. The molecular formula is C16H11BrN2O2. The van der Waals surface area contributed by atoms with E-state index in [1.807, 2.05) is 6.07 Å². The van der Waals surface area contributed by atoms with E-state index in [-0.39, 0.29) is 0 Å². The summed E-state index contributed by atoms with van der Waals surface area (Å²) in [7, 11) is 0. The molecule has 0 spiro atoms. The van der Waals surface area contributed by atoms with Crippen LogP contribution < -0.4 is 5.32 Å². The first-order valence-electron chi connectivity index (χ1n) is 6.17. The van der Waals surface area contributed by atoms with Gasteiger partial charge in [0.2, 0.25) is 5.91 Å². The highest BCUT2D eigenvalue weighted by Crippen LogP contribution is 2.15. The lowest BCUT2D eigenvalue weighted by Gasteiger charge is -2.09. The van der Waals surface area contributed by atoms with Gasteiger partial charge in [-0.15, -0.1) is 0 Å². The van der Waals surface area contributed by atoms with Gasteiger partial charge in [0, 0.05) is 15.7 Å². The number of ketones is 1. The molecule has 0 fully saturated rings. The van der Waals surface area contributed by atoms with Gasteiger partial charge in [-0.3, -0.25) is 9.59 Å². The zero-order valence-corrected chi connectivity index (χ0v) is 12.5. The van der Waals surface area contributed by atoms with Gasteiger partial charge >= 0.3 is 0 Å². The fraction of sp³-hybridized carbons (Fsp3) is 0.0625. The summed E-state index contributed by atoms with van der Waals surface area (Å²) in [5.74, 6) is -2.51. The van der Waals surface area contributed by atoms with Crippen LogP contribution in [0.25, 0.3) is 0 Å². The van der Waals surface area contributed by atoms with Crippen molar-refractivity contribution in [2.75, 3.05) is 5.32 Å². The third-order valence-electron chi connectivity index (χ3n) is 2.82. The molecule has 0 bridgehead atoms. The van der Waals surface area contributed by atoms with Crippen molar-refractivity contribution in [2.24, 2.45) is 5.92 Å². The molecule has 4 nitrogen and oxygen atoms in total. The molecule has 0 unspecified atom stereocenters. The SMILES string of the molecule is N#C[C@@H](C(=O)Nc1ccccc1)C(=O)c1ccc(Br)cc1. The molecule has 21 heavy (non-hydrogen) atoms. The summed E-state index contributed by atoms with van der Waals surface area (Å²) in [6, 6.07) is 17.0. The minimum Gasteiger partial charge on any atom is -0.325 e. The zero-order valence-electron chi connectivity index (χ0n) is 10.9. The van der Waals surface area contributed by atoms with Crippen LogP contribution in [0.5, 0.6) is 0 Å². The highest BCUT2D eigenvalue weighted by molar-refractivity contribution is 9.10. The number of benzene rings is 2. The number of hydrogen-bond donors (Lipinski definition) is 1. The lowest BCUT2D eigenvalue weighted by Crippen LogP contribution is -2.28. The van der Waals surface area contributed by atoms with Gasteiger partial charge < -0.3 is 5.32 Å². The van der Waals surface area contributed by atoms with Crippen molar-refractivity contribution in [1.82, 2.24) is 0 Å². The number of carbonyl (C=O) groups is 2. The van der Waals surface area contributed by atoms with Gasteiger partial charge in [0.1, 0.15) is 0 Å². The average Bonchev–Trinajstić information content (AvgIpc) is 2.49. The number of hydrogen-bond acceptors (Lipinski definition) is 3. The maximum Gasteiger partial charge on any atom is 0.249 e. The van der Waals surface area contributed by atoms with Crippen molar-refractivity contribution in [3.63, 3.8) is 0 Å². The number of anilines is 1. The fourth-order valence-corrected chi connectivity index (χ4v) is 2.02. The minimum atomic E-state index is -1.37. The monoisotopic (exact) mass is 342 g/mol. The summed E-state index contributed by atoms with van der Waals surface area (Å²) in [4.78, 5) is 24.3. The molecule has 0 aromatic heterocycles. The lowest BCUT2D eigenvalue weighted by molar-refractivity contribution is -0.117. The Hall–Kier alpha value is -2.45. The van der Waals surface area contributed by atoms with Gasteiger partial charge in [0.15, 0.2) is 11.7 Å². The normalized spacial score (nSPS) is 11.2. The third kappa shape index (κ3) is 3.77. The number of halogens is 1. The second-order valence-electron chi connectivity index (χ2n) is 4.29. The Morgan fingerprint density at radius 3 is 2.24 bits per heavy atom. The van der Waals surface area contributed by atoms with E-state index in [2.05, 4.69) is 21.2 Å². The Kier molecular flexibility index (Phi) is 4.85. The molecule has 2 rings (SSSR count). The fourth-order valence-electron chi connectivity index (χ4n) is 1.75. The molecule has 0 aliphatic carbocycles. The number of para-hydroxylation sites is 1. The van der Waals surface area contributed by atoms with E-state index in [4.69, 9.17) is 5.26 Å². The van der Waals surface area contributed by atoms with Crippen LogP contribution in [0.1, 0.15) is 10.4 Å². The van der Waals surface area contributed by atoms with E-state index < -0.39 is 17.6 Å². The van der Waals surface area contributed by atoms with Gasteiger partial charge in [-0.05, 0) is 24.3 Å². The summed E-state index contributed by atoms with van der Waals surface area (Å²) in [6.07, 6.45) is 0. The average molecular weight is 343 g/mol. The Balaban J connectivity index is 2.15. The molecule has 5 heteroatoms. The van der Waals surface area contributed by atoms with Gasteiger partial charge in [0.05, 0.1) is 6.07 Å². The highest BCUT2D eigenvalue weighted by atomic mass is 79.9. The molecule has 0 saturated carbocycles. The first-order valence-corrected chi connectivity index (χ1v) is 6.96. The van der Waals surface area contributed by atoms with E-state index >= 15 is 0 Å². The molecule has 1 N–H and O–H groups in total. The number of nitrogens with one attached hydrogen (secondary N) is 1. The largest absolute Gasteiger partial charge is 0.325 e. The van der Waals surface area contributed by atoms with Crippen LogP contribution in [0.4, 0.5) is 5.69 Å². The molecule has 1 atom stereocenters. The number of nitriles is 1. The van der Waals surface area contributed by atoms with Gasteiger partial charge in [-0.25, -0.2) is 0 Å². The molecule has 0 radical (unpaired) electrons. The number of Topliss-reactive ketones (excluding diaryl/α,β-unsaturated/α-hetero) is 1. The van der Waals surface area contributed by atoms with Crippen LogP contribution >= 0.6 is 15.9 Å². The Labute approximate surface area is 130 Å². The van der Waals surface area contributed by atoms with E-state index in [1.54, 1.807) is 54.6 Å². The number of carbonyl (C=O) groups excluding carboxylic acids is 2. The third-order valence-corrected chi connectivity index (χ3v) is 3.35. The van der Waals surface area contributed by atoms with Gasteiger partial charge in [-0.1, -0.05) is 46.3 Å². The van der Waals surface area contributed by atoms with Crippen LogP contribution in [-0.2, 0) is 4.79 Å². The van der Waals surface area contributed by atoms with E-state index in [1.165, 1.54) is 0 Å². The molecular weight excluding hydrogens is 332 g/mol. The van der Waals surface area contributed by atoms with Crippen LogP contribution in [0.2, 0.25) is 0 Å². The lowest BCUT2D eigenvalue weighted by atomic mass is 9.98. The van der Waals surface area contributed by atoms with Crippen LogP contribution in [0.3, 0.4) is 0 Å². The predicted octanol–water partition coefficient (Wildman–Crippen LogP) is 3.41. The summed E-state index contributed by atoms with van der Waals surface area (Å²) in [5.41, 5.74) is 0.874. The Morgan fingerprint density at radius 2 is 1.67 bits per heavy atom. The molecule has 1 amide bonds. The molecule has 104 valence electrons. The summed E-state index contributed by atoms with van der Waals surface area (Å²) < 4.78 is 0.821. The topological polar surface area (TPSA) is 70.0 Å². The van der Waals surface area contributed by atoms with Crippen molar-refractivity contribution in [3.8, 4) is 6.07 Å². The number of nitrogens with zero attached hydrogens (tertiary/aromatic N) is 1. The number of amides is 1. The maximum absolute atomic E-state index is 12.2. The molecule has 2 aromatic carbocycles. The van der Waals surface area contributed by atoms with Crippen molar-refractivity contribution < 1.29 is 9.59 Å². The standard InChI is InChI=1S/C16H11BrN2O2/c17-12-8-6-11(7-9-12)15(20)14(10-18)16(21)19-13-4-2-1-3-5-13/h1-9,14H,(H,19,21)/t14-/m1/s1. The quantitative estimate of drug-likeness (QED) is 0.683. The summed E-state index contributed by atoms with van der Waals surface area (Å²) in [6.45, 7) is 0. The first-order chi connectivity index (χ1) is 10.1. The molecule has 0 aliphatic heterocycles. The smallest absolute Gasteiger partial charge is 0.249 e. The summed E-state index contributed by atoms with van der Waals surface area (Å²) >= 11 is 3.27. The Bertz CT molecular complexity index is 690. The van der Waals surface area contributed by atoms with Crippen molar-refractivity contribution >= 4 is 33.3 Å². The molecule has 2 aromatic rings. The maximum atomic E-state index is 12.2. The van der Waals surface area contributed by atoms with Crippen LogP contribution in [0, 0.1) is 17.2 Å². The van der Waals surface area contributed by atoms with Crippen molar-refractivity contribution in [3.05, 3.63) is 64.6 Å². The molecule has 0 heterocycles. The Morgan fingerprint density at radius 1 is 1.05 bits per heavy atom. The second-order valence-corrected chi connectivity index (χ2v) is 5.20. The van der Waals surface area contributed by atoms with Crippen molar-refractivity contribution in [2.45, 2.75) is 0 Å². The minimum absolute atomic E-state index is 0.327. The predicted molar refractivity (Wildman–Crippen MR) is 82.6 cm³/mol. The van der Waals surface area contributed by atoms with Crippen LogP contribution in [0.15, 0.2) is 59.1 Å². The van der Waals surface area contributed by atoms with Crippen molar-refractivity contribution in [1.29, 1.82) is 5.26 Å². The first kappa shape index (κ1) is 14.9. The van der Waals surface area contributed by atoms with Crippen LogP contribution in [-0.4, -0.2) is 11.7 Å². The summed E-state index contributed by atoms with van der Waals surface area (Å²) in [5, 5.41) is 11.7. The van der Waals surface area contributed by atoms with Gasteiger partial charge in [-0.2, -0.15) is 5.26 Å². The van der Waals surface area contributed by atoms with Gasteiger partial charge in [0.25, 0.3) is 0 Å². The van der Waals surface area contributed by atoms with E-state index in [0.717, 1.165) is 4.47 Å². The van der Waals surface area contributed by atoms with E-state index in [0.29, 0.717) is 11.3 Å².